The zero-order chi connectivity index (χ0) is 24.1. The molecule has 35 heavy (non-hydrogen) atoms. The number of hydrogen-bond donors (Lipinski definition) is 2. The molecule has 2 aliphatic heterocycles. The zero-order valence-corrected chi connectivity index (χ0v) is 20.5. The first-order valence-electron chi connectivity index (χ1n) is 12.1. The molecule has 0 aliphatic carbocycles. The van der Waals surface area contributed by atoms with Crippen molar-refractivity contribution in [2.24, 2.45) is 0 Å². The summed E-state index contributed by atoms with van der Waals surface area (Å²) in [4.78, 5) is 13.9. The smallest absolute Gasteiger partial charge is 0.227 e. The molecule has 8 heteroatoms. The Morgan fingerprint density at radius 1 is 1.14 bits per heavy atom. The lowest BCUT2D eigenvalue weighted by Crippen LogP contribution is -2.57. The molecule has 8 nitrogen and oxygen atoms in total. The van der Waals surface area contributed by atoms with Gasteiger partial charge in [0.15, 0.2) is 0 Å². The van der Waals surface area contributed by atoms with Crippen LogP contribution in [0.3, 0.4) is 0 Å². The van der Waals surface area contributed by atoms with Crippen LogP contribution in [0.25, 0.3) is 22.2 Å². The van der Waals surface area contributed by atoms with Crippen molar-refractivity contribution < 1.29 is 4.74 Å². The largest absolute Gasteiger partial charge is 0.494 e. The molecular weight excluding hydrogens is 438 g/mol. The number of nitrogen functional groups attached to an aromatic ring is 1. The van der Waals surface area contributed by atoms with E-state index in [0.29, 0.717) is 23.4 Å². The molecule has 4 heterocycles. The van der Waals surface area contributed by atoms with Gasteiger partial charge < -0.3 is 30.2 Å². The standard InChI is InChI=1S/C27H31N7O/c1-32(2)17-15-33(16-17)24-14-25(35-3)21(13-19(24)28)31-27-29-11-10-20(30-27)26-18-7-4-5-8-22(18)34-12-6-9-23(26)34/h4-5,7-8,10-11,13-14,17H,6,9,12,15-16,28H2,1-3H3,(H,29,30,31). The molecule has 0 bridgehead atoms. The number of fused-ring (bicyclic) bond motifs is 3. The fourth-order valence-corrected chi connectivity index (χ4v) is 5.35. The van der Waals surface area contributed by atoms with Crippen LogP contribution in [-0.2, 0) is 13.0 Å². The highest BCUT2D eigenvalue weighted by molar-refractivity contribution is 5.97. The Kier molecular flexibility index (Phi) is 5.25. The molecule has 180 valence electrons. The number of hydrogen-bond acceptors (Lipinski definition) is 7. The van der Waals surface area contributed by atoms with Gasteiger partial charge in [-0.25, -0.2) is 9.97 Å². The number of methoxy groups -OCH3 is 1. The van der Waals surface area contributed by atoms with Crippen LogP contribution in [0, 0.1) is 0 Å². The number of aromatic nitrogens is 3. The highest BCUT2D eigenvalue weighted by Gasteiger charge is 2.30. The van der Waals surface area contributed by atoms with Crippen molar-refractivity contribution in [1.29, 1.82) is 0 Å². The fourth-order valence-electron chi connectivity index (χ4n) is 5.35. The molecule has 0 spiro atoms. The summed E-state index contributed by atoms with van der Waals surface area (Å²) < 4.78 is 8.14. The first-order valence-corrected chi connectivity index (χ1v) is 12.1. The molecule has 0 radical (unpaired) electrons. The van der Waals surface area contributed by atoms with E-state index in [1.807, 2.05) is 24.4 Å². The van der Waals surface area contributed by atoms with Crippen LogP contribution < -0.4 is 20.7 Å². The molecule has 0 amide bonds. The number of anilines is 4. The average Bonchev–Trinajstić information content (AvgIpc) is 3.40. The van der Waals surface area contributed by atoms with Crippen molar-refractivity contribution in [2.45, 2.75) is 25.4 Å². The van der Waals surface area contributed by atoms with Gasteiger partial charge in [-0.1, -0.05) is 18.2 Å². The number of nitrogens with zero attached hydrogens (tertiary/aromatic N) is 5. The molecule has 2 aromatic heterocycles. The second kappa shape index (κ2) is 8.46. The van der Waals surface area contributed by atoms with Gasteiger partial charge in [-0.05, 0) is 45.1 Å². The quantitative estimate of drug-likeness (QED) is 0.411. The summed E-state index contributed by atoms with van der Waals surface area (Å²) in [5.74, 6) is 1.23. The van der Waals surface area contributed by atoms with Crippen LogP contribution in [0.15, 0.2) is 48.7 Å². The molecule has 0 atom stereocenters. The van der Waals surface area contributed by atoms with Crippen LogP contribution in [0.1, 0.15) is 12.1 Å². The molecule has 2 aliphatic rings. The van der Waals surface area contributed by atoms with Gasteiger partial charge in [0.2, 0.25) is 5.95 Å². The van der Waals surface area contributed by atoms with Gasteiger partial charge in [0, 0.05) is 60.1 Å². The minimum Gasteiger partial charge on any atom is -0.494 e. The second-order valence-corrected chi connectivity index (χ2v) is 9.62. The van der Waals surface area contributed by atoms with Gasteiger partial charge in [-0.3, -0.25) is 0 Å². The van der Waals surface area contributed by atoms with E-state index >= 15 is 0 Å². The van der Waals surface area contributed by atoms with Crippen LogP contribution in [0.5, 0.6) is 5.75 Å². The summed E-state index contributed by atoms with van der Waals surface area (Å²) in [6, 6.07) is 15.0. The number of benzene rings is 2. The number of likely N-dealkylation sites (N-methyl/N-ethyl adjacent to an activating group) is 1. The average molecular weight is 470 g/mol. The van der Waals surface area contributed by atoms with E-state index in [4.69, 9.17) is 15.5 Å². The number of aryl methyl sites for hydroxylation is 1. The van der Waals surface area contributed by atoms with Crippen LogP contribution in [0.2, 0.25) is 0 Å². The first kappa shape index (κ1) is 21.7. The third-order valence-corrected chi connectivity index (χ3v) is 7.31. The monoisotopic (exact) mass is 469 g/mol. The highest BCUT2D eigenvalue weighted by Crippen LogP contribution is 2.40. The molecular formula is C27H31N7O. The van der Waals surface area contributed by atoms with Gasteiger partial charge in [-0.15, -0.1) is 0 Å². The van der Waals surface area contributed by atoms with Crippen molar-refractivity contribution in [2.75, 3.05) is 50.2 Å². The lowest BCUT2D eigenvalue weighted by atomic mass is 10.1. The summed E-state index contributed by atoms with van der Waals surface area (Å²) >= 11 is 0. The van der Waals surface area contributed by atoms with E-state index in [0.717, 1.165) is 43.1 Å². The molecule has 1 fully saturated rings. The summed E-state index contributed by atoms with van der Waals surface area (Å²) in [7, 11) is 5.89. The van der Waals surface area contributed by atoms with E-state index in [1.54, 1.807) is 7.11 Å². The molecule has 4 aromatic rings. The van der Waals surface area contributed by atoms with E-state index in [9.17, 15) is 0 Å². The van der Waals surface area contributed by atoms with Gasteiger partial charge in [0.25, 0.3) is 0 Å². The highest BCUT2D eigenvalue weighted by atomic mass is 16.5. The summed E-state index contributed by atoms with van der Waals surface area (Å²) in [5, 5.41) is 4.59. The number of rotatable bonds is 6. The third kappa shape index (κ3) is 3.65. The summed E-state index contributed by atoms with van der Waals surface area (Å²) in [6.45, 7) is 2.96. The van der Waals surface area contributed by atoms with E-state index in [2.05, 4.69) is 63.0 Å². The van der Waals surface area contributed by atoms with Crippen molar-refractivity contribution in [3.8, 4) is 17.0 Å². The zero-order valence-electron chi connectivity index (χ0n) is 20.5. The Balaban J connectivity index is 1.32. The number of nitrogens with two attached hydrogens (primary N) is 1. The summed E-state index contributed by atoms with van der Waals surface area (Å²) in [6.07, 6.45) is 4.04. The fraction of sp³-hybridized carbons (Fsp3) is 0.333. The number of nitrogens with one attached hydrogen (secondary N) is 1. The predicted molar refractivity (Wildman–Crippen MR) is 142 cm³/mol. The van der Waals surface area contributed by atoms with E-state index < -0.39 is 0 Å². The van der Waals surface area contributed by atoms with Crippen molar-refractivity contribution in [1.82, 2.24) is 19.4 Å². The Labute approximate surface area is 205 Å². The maximum atomic E-state index is 6.47. The lowest BCUT2D eigenvalue weighted by molar-refractivity contribution is 0.247. The van der Waals surface area contributed by atoms with Crippen LogP contribution in [0.4, 0.5) is 23.0 Å². The molecule has 0 unspecified atom stereocenters. The Bertz CT molecular complexity index is 1400. The minimum absolute atomic E-state index is 0.520. The Hall–Kier alpha value is -3.78. The number of para-hydroxylation sites is 1. The van der Waals surface area contributed by atoms with Gasteiger partial charge in [-0.2, -0.15) is 0 Å². The van der Waals surface area contributed by atoms with Crippen molar-refractivity contribution in [3.63, 3.8) is 0 Å². The first-order chi connectivity index (χ1) is 17.0. The molecule has 6 rings (SSSR count). The summed E-state index contributed by atoms with van der Waals surface area (Å²) in [5.41, 5.74) is 13.7. The maximum absolute atomic E-state index is 6.47. The SMILES string of the molecule is COc1cc(N2CC(N(C)C)C2)c(N)cc1Nc1nccc(-c2c3n(c4ccccc24)CCC3)n1. The maximum Gasteiger partial charge on any atom is 0.227 e. The normalized spacial score (nSPS) is 15.5. The van der Waals surface area contributed by atoms with Gasteiger partial charge in [0.1, 0.15) is 5.75 Å². The third-order valence-electron chi connectivity index (χ3n) is 7.31. The minimum atomic E-state index is 0.520. The molecule has 0 saturated carbocycles. The van der Waals surface area contributed by atoms with E-state index in [-0.39, 0.29) is 0 Å². The van der Waals surface area contributed by atoms with Gasteiger partial charge in [0.05, 0.1) is 29.9 Å². The van der Waals surface area contributed by atoms with Crippen molar-refractivity contribution in [3.05, 3.63) is 54.4 Å². The molecule has 3 N–H and O–H groups in total. The van der Waals surface area contributed by atoms with E-state index in [1.165, 1.54) is 28.6 Å². The topological polar surface area (TPSA) is 84.5 Å². The second-order valence-electron chi connectivity index (χ2n) is 9.62. The Morgan fingerprint density at radius 2 is 1.97 bits per heavy atom. The van der Waals surface area contributed by atoms with Crippen LogP contribution in [-0.4, -0.2) is 59.8 Å². The Morgan fingerprint density at radius 3 is 2.77 bits per heavy atom. The predicted octanol–water partition coefficient (Wildman–Crippen LogP) is 4.13. The molecule has 2 aromatic carbocycles. The number of ether oxygens (including phenoxy) is 1. The lowest BCUT2D eigenvalue weighted by Gasteiger charge is -2.44. The van der Waals surface area contributed by atoms with Crippen LogP contribution >= 0.6 is 0 Å². The van der Waals surface area contributed by atoms with Gasteiger partial charge >= 0.3 is 0 Å². The van der Waals surface area contributed by atoms with Crippen molar-refractivity contribution >= 4 is 33.9 Å². The molecule has 1 saturated heterocycles.